The van der Waals surface area contributed by atoms with Crippen molar-refractivity contribution in [3.05, 3.63) is 216 Å². The predicted molar refractivity (Wildman–Crippen MR) is 246 cm³/mol. The maximum absolute atomic E-state index is 2.43. The number of hydrogen-bond donors (Lipinski definition) is 0. The summed E-state index contributed by atoms with van der Waals surface area (Å²) in [4.78, 5) is 2.31. The van der Waals surface area contributed by atoms with Gasteiger partial charge in [-0.2, -0.15) is 0 Å². The maximum atomic E-state index is 2.43. The van der Waals surface area contributed by atoms with Crippen LogP contribution in [-0.2, 0) is 12.8 Å². The summed E-state index contributed by atoms with van der Waals surface area (Å²) in [6.45, 7) is 4.72. The minimum Gasteiger partial charge on any atom is -0.311 e. The maximum Gasteiger partial charge on any atom is 0.0541 e. The highest BCUT2D eigenvalue weighted by molar-refractivity contribution is 6.10. The molecule has 1 aliphatic rings. The van der Waals surface area contributed by atoms with Gasteiger partial charge in [0.1, 0.15) is 0 Å². The third kappa shape index (κ3) is 6.69. The van der Waals surface area contributed by atoms with Gasteiger partial charge in [-0.3, -0.25) is 0 Å². The molecule has 0 bridgehead atoms. The molecular weight excluding hydrogens is 701 g/mol. The Kier molecular flexibility index (Phi) is 9.47. The molecule has 1 aliphatic carbocycles. The van der Waals surface area contributed by atoms with E-state index in [9.17, 15) is 0 Å². The summed E-state index contributed by atoms with van der Waals surface area (Å²) in [7, 11) is 0. The predicted octanol–water partition coefficient (Wildman–Crippen LogP) is 15.4. The highest BCUT2D eigenvalue weighted by Crippen LogP contribution is 2.39. The van der Waals surface area contributed by atoms with Crippen molar-refractivity contribution < 1.29 is 0 Å². The third-order valence-electron chi connectivity index (χ3n) is 12.6. The van der Waals surface area contributed by atoms with E-state index in [0.29, 0.717) is 11.8 Å². The average molecular weight is 749 g/mol. The molecule has 0 spiro atoms. The van der Waals surface area contributed by atoms with Crippen LogP contribution in [0.15, 0.2) is 194 Å². The van der Waals surface area contributed by atoms with Crippen LogP contribution in [0.1, 0.15) is 60.8 Å². The molecule has 0 saturated carbocycles. The molecule has 2 nitrogen and oxygen atoms in total. The molecule has 2 heteroatoms. The molecule has 0 N–H and O–H groups in total. The summed E-state index contributed by atoms with van der Waals surface area (Å²) in [6, 6.07) is 71.6. The Hall–Kier alpha value is -6.64. The lowest BCUT2D eigenvalue weighted by atomic mass is 9.83. The normalized spacial score (nSPS) is 13.2. The minimum absolute atomic E-state index is 0.450. The van der Waals surface area contributed by atoms with Crippen LogP contribution in [0.4, 0.5) is 17.1 Å². The zero-order valence-corrected chi connectivity index (χ0v) is 33.4. The third-order valence-corrected chi connectivity index (χ3v) is 12.6. The van der Waals surface area contributed by atoms with Gasteiger partial charge in [-0.15, -0.1) is 0 Å². The highest BCUT2D eigenvalue weighted by atomic mass is 15.1. The van der Waals surface area contributed by atoms with E-state index in [1.165, 1.54) is 84.8 Å². The van der Waals surface area contributed by atoms with Crippen molar-refractivity contribution in [2.75, 3.05) is 4.90 Å². The van der Waals surface area contributed by atoms with Gasteiger partial charge in [0.25, 0.3) is 0 Å². The molecule has 0 radical (unpaired) electrons. The largest absolute Gasteiger partial charge is 0.311 e. The van der Waals surface area contributed by atoms with Crippen LogP contribution in [0.25, 0.3) is 49.7 Å². The van der Waals surface area contributed by atoms with Crippen LogP contribution >= 0.6 is 0 Å². The van der Waals surface area contributed by atoms with Crippen molar-refractivity contribution in [1.29, 1.82) is 0 Å². The van der Waals surface area contributed by atoms with Crippen LogP contribution in [0.3, 0.4) is 0 Å². The SMILES string of the molecule is CCC(CC(C)c1ccc(-n2c3ccccc3c3cc(-c4ccc(N(c5ccccc5)c5ccccc5)cc4)ccc32)cc1)c1ccc(-c2ccc3c(c2)CC3)cc1. The fourth-order valence-corrected chi connectivity index (χ4v) is 9.21. The van der Waals surface area contributed by atoms with Gasteiger partial charge < -0.3 is 9.47 Å². The molecule has 1 aromatic heterocycles. The molecule has 58 heavy (non-hydrogen) atoms. The molecule has 0 saturated heterocycles. The van der Waals surface area contributed by atoms with Crippen molar-refractivity contribution in [2.24, 2.45) is 0 Å². The topological polar surface area (TPSA) is 8.17 Å². The van der Waals surface area contributed by atoms with Gasteiger partial charge in [-0.05, 0) is 149 Å². The number of benzene rings is 8. The number of fused-ring (bicyclic) bond motifs is 4. The van der Waals surface area contributed by atoms with Crippen molar-refractivity contribution >= 4 is 38.9 Å². The zero-order chi connectivity index (χ0) is 39.0. The first-order chi connectivity index (χ1) is 28.6. The van der Waals surface area contributed by atoms with Crippen LogP contribution in [0, 0.1) is 0 Å². The number of aromatic nitrogens is 1. The Morgan fingerprint density at radius 3 is 1.64 bits per heavy atom. The molecule has 0 amide bonds. The molecule has 2 atom stereocenters. The van der Waals surface area contributed by atoms with E-state index >= 15 is 0 Å². The molecular formula is C56H48N2. The summed E-state index contributed by atoms with van der Waals surface area (Å²) < 4.78 is 2.43. The highest BCUT2D eigenvalue weighted by Gasteiger charge is 2.19. The van der Waals surface area contributed by atoms with E-state index in [1.807, 2.05) is 0 Å². The van der Waals surface area contributed by atoms with Gasteiger partial charge >= 0.3 is 0 Å². The molecule has 9 aromatic rings. The Bertz CT molecular complexity index is 2790. The van der Waals surface area contributed by atoms with Gasteiger partial charge in [0.2, 0.25) is 0 Å². The number of nitrogens with zero attached hydrogens (tertiary/aromatic N) is 2. The van der Waals surface area contributed by atoms with Gasteiger partial charge in [0.15, 0.2) is 0 Å². The molecule has 1 heterocycles. The van der Waals surface area contributed by atoms with Crippen molar-refractivity contribution in [3.63, 3.8) is 0 Å². The molecule has 0 fully saturated rings. The Morgan fingerprint density at radius 1 is 0.466 bits per heavy atom. The molecule has 0 aliphatic heterocycles. The smallest absolute Gasteiger partial charge is 0.0541 e. The fraction of sp³-hybridized carbons (Fsp3) is 0.143. The summed E-state index contributed by atoms with van der Waals surface area (Å²) in [5.74, 6) is 0.973. The summed E-state index contributed by atoms with van der Waals surface area (Å²) in [5, 5.41) is 2.53. The lowest BCUT2D eigenvalue weighted by molar-refractivity contribution is 0.544. The van der Waals surface area contributed by atoms with E-state index in [-0.39, 0.29) is 0 Å². The molecule has 282 valence electrons. The number of hydrogen-bond acceptors (Lipinski definition) is 1. The molecule has 8 aromatic carbocycles. The first-order valence-corrected chi connectivity index (χ1v) is 21.0. The van der Waals surface area contributed by atoms with E-state index in [2.05, 4.69) is 217 Å². The quantitative estimate of drug-likeness (QED) is 0.128. The fourth-order valence-electron chi connectivity index (χ4n) is 9.21. The van der Waals surface area contributed by atoms with Crippen LogP contribution in [0.2, 0.25) is 0 Å². The van der Waals surface area contributed by atoms with Gasteiger partial charge in [-0.25, -0.2) is 0 Å². The standard InChI is InChI=1S/C56H48N2/c1-3-40(42-18-20-43(21-19-42)46-24-22-44-23-25-47(44)37-46)36-39(2)41-26-31-52(32-27-41)58-55-17-11-10-16-53(55)54-38-48(30-35-56(54)58)45-28-33-51(34-29-45)57(49-12-6-4-7-13-49)50-14-8-5-9-15-50/h4-22,24,26-35,37-40H,3,23,25,36H2,1-2H3. The Balaban J connectivity index is 0.899. The zero-order valence-electron chi connectivity index (χ0n) is 33.4. The van der Waals surface area contributed by atoms with E-state index < -0.39 is 0 Å². The van der Waals surface area contributed by atoms with Gasteiger partial charge in [-0.1, -0.05) is 141 Å². The second kappa shape index (κ2) is 15.4. The lowest BCUT2D eigenvalue weighted by Gasteiger charge is -2.25. The first-order valence-electron chi connectivity index (χ1n) is 21.0. The Morgan fingerprint density at radius 2 is 1.00 bits per heavy atom. The monoisotopic (exact) mass is 748 g/mol. The van der Waals surface area contributed by atoms with Gasteiger partial charge in [0, 0.05) is 33.5 Å². The van der Waals surface area contributed by atoms with Crippen LogP contribution in [-0.4, -0.2) is 4.57 Å². The Labute approximate surface area is 342 Å². The first kappa shape index (κ1) is 35.8. The number of para-hydroxylation sites is 3. The van der Waals surface area contributed by atoms with Crippen LogP contribution in [0.5, 0.6) is 0 Å². The van der Waals surface area contributed by atoms with E-state index in [4.69, 9.17) is 0 Å². The van der Waals surface area contributed by atoms with Crippen molar-refractivity contribution in [3.8, 4) is 27.9 Å². The molecule has 2 unspecified atom stereocenters. The summed E-state index contributed by atoms with van der Waals surface area (Å²) in [6.07, 6.45) is 4.72. The second-order valence-corrected chi connectivity index (χ2v) is 16.1. The summed E-state index contributed by atoms with van der Waals surface area (Å²) in [5.41, 5.74) is 18.0. The minimum atomic E-state index is 0.450. The number of rotatable bonds is 11. The summed E-state index contributed by atoms with van der Waals surface area (Å²) >= 11 is 0. The number of anilines is 3. The lowest BCUT2D eigenvalue weighted by Crippen LogP contribution is -2.09. The number of aryl methyl sites for hydroxylation is 2. The van der Waals surface area contributed by atoms with Crippen molar-refractivity contribution in [1.82, 2.24) is 4.57 Å². The molecule has 10 rings (SSSR count). The van der Waals surface area contributed by atoms with Crippen LogP contribution < -0.4 is 4.90 Å². The van der Waals surface area contributed by atoms with E-state index in [1.54, 1.807) is 0 Å². The van der Waals surface area contributed by atoms with Gasteiger partial charge in [0.05, 0.1) is 11.0 Å². The van der Waals surface area contributed by atoms with Crippen molar-refractivity contribution in [2.45, 2.75) is 51.4 Å². The average Bonchev–Trinajstić information content (AvgIpc) is 3.61. The van der Waals surface area contributed by atoms with E-state index in [0.717, 1.165) is 29.9 Å². The second-order valence-electron chi connectivity index (χ2n) is 16.1.